The van der Waals surface area contributed by atoms with E-state index in [4.69, 9.17) is 4.74 Å². The summed E-state index contributed by atoms with van der Waals surface area (Å²) in [5, 5.41) is 4.43. The Morgan fingerprint density at radius 1 is 0.929 bits per heavy atom. The highest BCUT2D eigenvalue weighted by Gasteiger charge is 2.18. The van der Waals surface area contributed by atoms with Gasteiger partial charge in [-0.3, -0.25) is 9.59 Å². The minimum absolute atomic E-state index is 0.0431. The largest absolute Gasteiger partial charge is 0.378 e. The molecule has 7 nitrogen and oxygen atoms in total. The zero-order valence-corrected chi connectivity index (χ0v) is 16.0. The minimum atomic E-state index is -0.268. The maximum absolute atomic E-state index is 12.5. The van der Waals surface area contributed by atoms with Crippen LogP contribution in [0.1, 0.15) is 19.3 Å². The molecule has 2 aromatic rings. The molecule has 3 heterocycles. The summed E-state index contributed by atoms with van der Waals surface area (Å²) in [7, 11) is 0. The van der Waals surface area contributed by atoms with Crippen molar-refractivity contribution >= 4 is 11.6 Å². The molecule has 7 heteroatoms. The summed E-state index contributed by atoms with van der Waals surface area (Å²) in [6.07, 6.45) is 3.79. The van der Waals surface area contributed by atoms with Gasteiger partial charge in [-0.2, -0.15) is 5.10 Å². The van der Waals surface area contributed by atoms with Crippen LogP contribution < -0.4 is 10.5 Å². The number of piperidine rings is 1. The zero-order valence-electron chi connectivity index (χ0n) is 16.0. The summed E-state index contributed by atoms with van der Waals surface area (Å²) in [4.78, 5) is 28.8. The maximum atomic E-state index is 12.5. The van der Waals surface area contributed by atoms with Crippen LogP contribution >= 0.6 is 0 Å². The zero-order chi connectivity index (χ0) is 19.3. The quantitative estimate of drug-likeness (QED) is 0.806. The SMILES string of the molecule is O=C(Cn1nc(-c2ccc(N3CCCCC3)cc2)ccc1=O)N1CCOCC1. The predicted molar refractivity (Wildman–Crippen MR) is 107 cm³/mol. The molecule has 2 aliphatic heterocycles. The number of benzene rings is 1. The van der Waals surface area contributed by atoms with Gasteiger partial charge in [-0.1, -0.05) is 12.1 Å². The van der Waals surface area contributed by atoms with E-state index in [0.29, 0.717) is 32.0 Å². The molecule has 1 aromatic carbocycles. The lowest BCUT2D eigenvalue weighted by Gasteiger charge is -2.28. The van der Waals surface area contributed by atoms with E-state index in [-0.39, 0.29) is 18.0 Å². The number of aromatic nitrogens is 2. The van der Waals surface area contributed by atoms with Crippen molar-refractivity contribution in [2.24, 2.45) is 0 Å². The molecule has 2 aliphatic rings. The number of anilines is 1. The molecule has 0 radical (unpaired) electrons. The number of nitrogens with zero attached hydrogens (tertiary/aromatic N) is 4. The van der Waals surface area contributed by atoms with Crippen molar-refractivity contribution in [2.45, 2.75) is 25.8 Å². The number of carbonyl (C=O) groups is 1. The number of carbonyl (C=O) groups excluding carboxylic acids is 1. The first-order chi connectivity index (χ1) is 13.7. The first kappa shape index (κ1) is 18.7. The van der Waals surface area contributed by atoms with E-state index in [0.717, 1.165) is 18.7 Å². The van der Waals surface area contributed by atoms with Gasteiger partial charge < -0.3 is 14.5 Å². The van der Waals surface area contributed by atoms with Gasteiger partial charge >= 0.3 is 0 Å². The van der Waals surface area contributed by atoms with Gasteiger partial charge in [-0.25, -0.2) is 4.68 Å². The Hall–Kier alpha value is -2.67. The summed E-state index contributed by atoms with van der Waals surface area (Å²) in [5.74, 6) is -0.101. The van der Waals surface area contributed by atoms with Crippen LogP contribution in [0, 0.1) is 0 Å². The van der Waals surface area contributed by atoms with Gasteiger partial charge in [0.2, 0.25) is 5.91 Å². The number of hydrogen-bond donors (Lipinski definition) is 0. The lowest BCUT2D eigenvalue weighted by atomic mass is 10.1. The van der Waals surface area contributed by atoms with E-state index >= 15 is 0 Å². The molecule has 0 aliphatic carbocycles. The van der Waals surface area contributed by atoms with Crippen molar-refractivity contribution in [3.8, 4) is 11.3 Å². The molecule has 28 heavy (non-hydrogen) atoms. The molecular formula is C21H26N4O3. The second-order valence-electron chi connectivity index (χ2n) is 7.30. The van der Waals surface area contributed by atoms with Gasteiger partial charge in [0.1, 0.15) is 6.54 Å². The number of amides is 1. The van der Waals surface area contributed by atoms with E-state index in [1.165, 1.54) is 35.7 Å². The molecule has 2 saturated heterocycles. The Morgan fingerprint density at radius 2 is 1.64 bits per heavy atom. The fraction of sp³-hybridized carbons (Fsp3) is 0.476. The Labute approximate surface area is 164 Å². The molecule has 0 N–H and O–H groups in total. The summed E-state index contributed by atoms with van der Waals surface area (Å²) in [6.45, 7) is 4.36. The van der Waals surface area contributed by atoms with Crippen molar-refractivity contribution in [2.75, 3.05) is 44.3 Å². The summed E-state index contributed by atoms with van der Waals surface area (Å²) in [5.41, 5.74) is 2.59. The molecule has 0 saturated carbocycles. The summed E-state index contributed by atoms with van der Waals surface area (Å²) >= 11 is 0. The van der Waals surface area contributed by atoms with Gasteiger partial charge in [-0.05, 0) is 37.5 Å². The van der Waals surface area contributed by atoms with Crippen molar-refractivity contribution in [1.82, 2.24) is 14.7 Å². The molecule has 0 atom stereocenters. The van der Waals surface area contributed by atoms with Crippen LogP contribution in [0.2, 0.25) is 0 Å². The number of rotatable bonds is 4. The van der Waals surface area contributed by atoms with Crippen LogP contribution in [0.15, 0.2) is 41.2 Å². The van der Waals surface area contributed by atoms with Gasteiger partial charge in [0, 0.05) is 43.5 Å². The normalized spacial score (nSPS) is 17.6. The van der Waals surface area contributed by atoms with Crippen LogP contribution in [0.5, 0.6) is 0 Å². The Bertz CT molecular complexity index is 866. The van der Waals surface area contributed by atoms with Crippen molar-refractivity contribution in [3.63, 3.8) is 0 Å². The van der Waals surface area contributed by atoms with Crippen molar-refractivity contribution < 1.29 is 9.53 Å². The topological polar surface area (TPSA) is 67.7 Å². The first-order valence-electron chi connectivity index (χ1n) is 10.00. The molecule has 1 amide bonds. The molecule has 4 rings (SSSR count). The highest BCUT2D eigenvalue weighted by molar-refractivity contribution is 5.76. The summed E-state index contributed by atoms with van der Waals surface area (Å²) in [6, 6.07) is 11.5. The third-order valence-electron chi connectivity index (χ3n) is 5.40. The van der Waals surface area contributed by atoms with Crippen molar-refractivity contribution in [3.05, 3.63) is 46.8 Å². The third kappa shape index (κ3) is 4.25. The van der Waals surface area contributed by atoms with E-state index in [1.807, 2.05) is 12.1 Å². The van der Waals surface area contributed by atoms with Crippen LogP contribution in [-0.4, -0.2) is 60.0 Å². The van der Waals surface area contributed by atoms with Crippen LogP contribution in [0.25, 0.3) is 11.3 Å². The minimum Gasteiger partial charge on any atom is -0.378 e. The lowest BCUT2D eigenvalue weighted by Crippen LogP contribution is -2.43. The van der Waals surface area contributed by atoms with Crippen LogP contribution in [-0.2, 0) is 16.1 Å². The molecule has 0 unspecified atom stereocenters. The van der Waals surface area contributed by atoms with Crippen LogP contribution in [0.3, 0.4) is 0 Å². The molecule has 1 aromatic heterocycles. The van der Waals surface area contributed by atoms with Gasteiger partial charge in [0.25, 0.3) is 5.56 Å². The van der Waals surface area contributed by atoms with E-state index in [9.17, 15) is 9.59 Å². The Kier molecular flexibility index (Phi) is 5.71. The average Bonchev–Trinajstić information content (AvgIpc) is 2.76. The Morgan fingerprint density at radius 3 is 2.36 bits per heavy atom. The van der Waals surface area contributed by atoms with Gasteiger partial charge in [-0.15, -0.1) is 0 Å². The van der Waals surface area contributed by atoms with E-state index in [1.54, 1.807) is 11.0 Å². The predicted octanol–water partition coefficient (Wildman–Crippen LogP) is 1.76. The molecule has 148 valence electrons. The second kappa shape index (κ2) is 8.56. The first-order valence-corrected chi connectivity index (χ1v) is 10.00. The standard InChI is InChI=1S/C21H26N4O3/c26-20-9-8-19(22-25(20)16-21(27)24-12-14-28-15-13-24)17-4-6-18(7-5-17)23-10-2-1-3-11-23/h4-9H,1-3,10-16H2. The lowest BCUT2D eigenvalue weighted by molar-refractivity contribution is -0.136. The Balaban J connectivity index is 1.49. The monoisotopic (exact) mass is 382 g/mol. The molecular weight excluding hydrogens is 356 g/mol. The second-order valence-corrected chi connectivity index (χ2v) is 7.30. The van der Waals surface area contributed by atoms with Gasteiger partial charge in [0.15, 0.2) is 0 Å². The van der Waals surface area contributed by atoms with Crippen LogP contribution in [0.4, 0.5) is 5.69 Å². The highest BCUT2D eigenvalue weighted by atomic mass is 16.5. The molecule has 0 spiro atoms. The third-order valence-corrected chi connectivity index (χ3v) is 5.40. The van der Waals surface area contributed by atoms with Crippen molar-refractivity contribution in [1.29, 1.82) is 0 Å². The maximum Gasteiger partial charge on any atom is 0.267 e. The fourth-order valence-electron chi connectivity index (χ4n) is 3.75. The molecule has 0 bridgehead atoms. The molecule has 2 fully saturated rings. The fourth-order valence-corrected chi connectivity index (χ4v) is 3.75. The van der Waals surface area contributed by atoms with E-state index in [2.05, 4.69) is 22.1 Å². The number of hydrogen-bond acceptors (Lipinski definition) is 5. The van der Waals surface area contributed by atoms with E-state index < -0.39 is 0 Å². The smallest absolute Gasteiger partial charge is 0.267 e. The average molecular weight is 382 g/mol. The highest BCUT2D eigenvalue weighted by Crippen LogP contribution is 2.23. The summed E-state index contributed by atoms with van der Waals surface area (Å²) < 4.78 is 6.53. The van der Waals surface area contributed by atoms with Gasteiger partial charge in [0.05, 0.1) is 18.9 Å². The number of morpholine rings is 1. The number of ether oxygens (including phenoxy) is 1.